The van der Waals surface area contributed by atoms with Crippen molar-refractivity contribution in [3.05, 3.63) is 29.8 Å². The highest BCUT2D eigenvalue weighted by Gasteiger charge is 2.19. The molecule has 1 unspecified atom stereocenters. The molecule has 3 nitrogen and oxygen atoms in total. The van der Waals surface area contributed by atoms with Gasteiger partial charge in [-0.05, 0) is 35.8 Å². The van der Waals surface area contributed by atoms with E-state index in [0.29, 0.717) is 13.0 Å². The number of carbonyl (C=O) groups is 1. The van der Waals surface area contributed by atoms with Crippen LogP contribution in [0.15, 0.2) is 29.2 Å². The standard InChI is InChI=1S/C17H28N2OS/c1-17(2,3)11-14(18)10-16(20)19(4)12-13-6-8-15(21-5)9-7-13/h6-9,14H,10-12,18H2,1-5H3. The lowest BCUT2D eigenvalue weighted by atomic mass is 9.87. The molecule has 4 heteroatoms. The van der Waals surface area contributed by atoms with Gasteiger partial charge in [0.15, 0.2) is 0 Å². The van der Waals surface area contributed by atoms with Crippen molar-refractivity contribution in [3.63, 3.8) is 0 Å². The number of nitrogens with zero attached hydrogens (tertiary/aromatic N) is 1. The van der Waals surface area contributed by atoms with E-state index in [1.807, 2.05) is 7.05 Å². The number of benzene rings is 1. The normalized spacial score (nSPS) is 13.0. The second-order valence-electron chi connectivity index (χ2n) is 6.83. The summed E-state index contributed by atoms with van der Waals surface area (Å²) >= 11 is 1.72. The van der Waals surface area contributed by atoms with E-state index in [2.05, 4.69) is 51.3 Å². The van der Waals surface area contributed by atoms with Gasteiger partial charge in [-0.3, -0.25) is 4.79 Å². The third-order valence-electron chi connectivity index (χ3n) is 3.32. The number of thioether (sulfide) groups is 1. The Kier molecular flexibility index (Phi) is 6.75. The SMILES string of the molecule is CSc1ccc(CN(C)C(=O)CC(N)CC(C)(C)C)cc1. The number of amides is 1. The van der Waals surface area contributed by atoms with Crippen LogP contribution in [0, 0.1) is 5.41 Å². The minimum Gasteiger partial charge on any atom is -0.341 e. The van der Waals surface area contributed by atoms with Crippen LogP contribution in [0.4, 0.5) is 0 Å². The Hall–Kier alpha value is -1.00. The lowest BCUT2D eigenvalue weighted by Crippen LogP contribution is -2.35. The zero-order valence-corrected chi connectivity index (χ0v) is 14.7. The molecule has 0 saturated carbocycles. The molecule has 0 spiro atoms. The monoisotopic (exact) mass is 308 g/mol. The molecule has 1 aromatic rings. The number of rotatable bonds is 6. The molecule has 21 heavy (non-hydrogen) atoms. The van der Waals surface area contributed by atoms with E-state index in [0.717, 1.165) is 12.0 Å². The van der Waals surface area contributed by atoms with Crippen molar-refractivity contribution >= 4 is 17.7 Å². The van der Waals surface area contributed by atoms with Crippen LogP contribution in [-0.2, 0) is 11.3 Å². The predicted molar refractivity (Wildman–Crippen MR) is 91.4 cm³/mol. The highest BCUT2D eigenvalue weighted by molar-refractivity contribution is 7.98. The fourth-order valence-electron chi connectivity index (χ4n) is 2.33. The average Bonchev–Trinajstić information content (AvgIpc) is 2.37. The molecule has 118 valence electrons. The maximum atomic E-state index is 12.2. The summed E-state index contributed by atoms with van der Waals surface area (Å²) in [6.45, 7) is 7.08. The number of hydrogen-bond donors (Lipinski definition) is 1. The molecule has 0 saturated heterocycles. The van der Waals surface area contributed by atoms with Crippen LogP contribution < -0.4 is 5.73 Å². The molecular formula is C17H28N2OS. The molecule has 0 fully saturated rings. The molecule has 1 rings (SSSR count). The van der Waals surface area contributed by atoms with Gasteiger partial charge < -0.3 is 10.6 Å². The summed E-state index contributed by atoms with van der Waals surface area (Å²) in [6, 6.07) is 8.25. The van der Waals surface area contributed by atoms with Crippen molar-refractivity contribution in [1.29, 1.82) is 0 Å². The second kappa shape index (κ2) is 7.85. The number of hydrogen-bond acceptors (Lipinski definition) is 3. The molecule has 1 atom stereocenters. The Bertz CT molecular complexity index is 451. The highest BCUT2D eigenvalue weighted by atomic mass is 32.2. The van der Waals surface area contributed by atoms with Crippen LogP contribution in [0.1, 0.15) is 39.2 Å². The van der Waals surface area contributed by atoms with E-state index in [1.54, 1.807) is 16.7 Å². The van der Waals surface area contributed by atoms with Crippen LogP contribution in [0.2, 0.25) is 0 Å². The van der Waals surface area contributed by atoms with Crippen molar-refractivity contribution in [3.8, 4) is 0 Å². The topological polar surface area (TPSA) is 46.3 Å². The lowest BCUT2D eigenvalue weighted by Gasteiger charge is -2.25. The van der Waals surface area contributed by atoms with Gasteiger partial charge >= 0.3 is 0 Å². The van der Waals surface area contributed by atoms with Crippen molar-refractivity contribution in [2.45, 2.75) is 51.1 Å². The first kappa shape index (κ1) is 18.1. The average molecular weight is 308 g/mol. The summed E-state index contributed by atoms with van der Waals surface area (Å²) in [4.78, 5) is 15.2. The van der Waals surface area contributed by atoms with E-state index < -0.39 is 0 Å². The van der Waals surface area contributed by atoms with Gasteiger partial charge in [-0.2, -0.15) is 0 Å². The smallest absolute Gasteiger partial charge is 0.224 e. The van der Waals surface area contributed by atoms with Gasteiger partial charge in [0, 0.05) is 31.0 Å². The molecule has 0 aliphatic rings. The summed E-state index contributed by atoms with van der Waals surface area (Å²) in [5.41, 5.74) is 7.38. The van der Waals surface area contributed by atoms with Crippen LogP contribution in [-0.4, -0.2) is 30.2 Å². The number of nitrogens with two attached hydrogens (primary N) is 1. The summed E-state index contributed by atoms with van der Waals surface area (Å²) < 4.78 is 0. The van der Waals surface area contributed by atoms with Gasteiger partial charge in [0.05, 0.1) is 0 Å². The highest BCUT2D eigenvalue weighted by Crippen LogP contribution is 2.21. The van der Waals surface area contributed by atoms with Crippen LogP contribution >= 0.6 is 11.8 Å². The van der Waals surface area contributed by atoms with E-state index in [-0.39, 0.29) is 17.4 Å². The maximum absolute atomic E-state index is 12.2. The van der Waals surface area contributed by atoms with E-state index >= 15 is 0 Å². The molecule has 0 aliphatic carbocycles. The molecule has 1 amide bonds. The molecule has 0 heterocycles. The van der Waals surface area contributed by atoms with Crippen LogP contribution in [0.25, 0.3) is 0 Å². The van der Waals surface area contributed by atoms with Gasteiger partial charge in [-0.1, -0.05) is 32.9 Å². The fraction of sp³-hybridized carbons (Fsp3) is 0.588. The molecule has 2 N–H and O–H groups in total. The Labute approximate surface area is 133 Å². The van der Waals surface area contributed by atoms with Gasteiger partial charge in [-0.15, -0.1) is 11.8 Å². The summed E-state index contributed by atoms with van der Waals surface area (Å²) in [7, 11) is 1.84. The van der Waals surface area contributed by atoms with Crippen LogP contribution in [0.5, 0.6) is 0 Å². The zero-order chi connectivity index (χ0) is 16.0. The maximum Gasteiger partial charge on any atom is 0.224 e. The minimum atomic E-state index is -0.0705. The summed E-state index contributed by atoms with van der Waals surface area (Å²) in [6.07, 6.45) is 3.33. The van der Waals surface area contributed by atoms with Crippen molar-refractivity contribution in [1.82, 2.24) is 4.90 Å². The number of carbonyl (C=O) groups excluding carboxylic acids is 1. The van der Waals surface area contributed by atoms with E-state index in [9.17, 15) is 4.79 Å². The summed E-state index contributed by atoms with van der Waals surface area (Å²) in [5, 5.41) is 0. The summed E-state index contributed by atoms with van der Waals surface area (Å²) in [5.74, 6) is 0.112. The van der Waals surface area contributed by atoms with Crippen molar-refractivity contribution in [2.24, 2.45) is 11.1 Å². The fourth-order valence-corrected chi connectivity index (χ4v) is 2.74. The molecule has 0 aromatic heterocycles. The lowest BCUT2D eigenvalue weighted by molar-refractivity contribution is -0.130. The third kappa shape index (κ3) is 7.00. The first-order valence-corrected chi connectivity index (χ1v) is 8.56. The van der Waals surface area contributed by atoms with Crippen LogP contribution in [0.3, 0.4) is 0 Å². The van der Waals surface area contributed by atoms with Gasteiger partial charge in [0.1, 0.15) is 0 Å². The Balaban J connectivity index is 2.50. The largest absolute Gasteiger partial charge is 0.341 e. The van der Waals surface area contributed by atoms with Gasteiger partial charge in [0.25, 0.3) is 0 Å². The Morgan fingerprint density at radius 3 is 2.33 bits per heavy atom. The predicted octanol–water partition coefficient (Wildman–Crippen LogP) is 3.52. The first-order chi connectivity index (χ1) is 9.71. The van der Waals surface area contributed by atoms with Gasteiger partial charge in [-0.25, -0.2) is 0 Å². The van der Waals surface area contributed by atoms with Crippen molar-refractivity contribution in [2.75, 3.05) is 13.3 Å². The minimum absolute atomic E-state index is 0.0705. The molecule has 0 bridgehead atoms. The van der Waals surface area contributed by atoms with Crippen molar-refractivity contribution < 1.29 is 4.79 Å². The van der Waals surface area contributed by atoms with E-state index in [1.165, 1.54) is 4.90 Å². The first-order valence-electron chi connectivity index (χ1n) is 7.34. The molecule has 0 radical (unpaired) electrons. The molecule has 1 aromatic carbocycles. The quantitative estimate of drug-likeness (QED) is 0.818. The zero-order valence-electron chi connectivity index (χ0n) is 13.8. The molecule has 0 aliphatic heterocycles. The second-order valence-corrected chi connectivity index (χ2v) is 7.71. The Morgan fingerprint density at radius 2 is 1.86 bits per heavy atom. The third-order valence-corrected chi connectivity index (χ3v) is 4.06. The molecular weight excluding hydrogens is 280 g/mol. The van der Waals surface area contributed by atoms with Gasteiger partial charge in [0.2, 0.25) is 5.91 Å². The Morgan fingerprint density at radius 1 is 1.29 bits per heavy atom. The van der Waals surface area contributed by atoms with E-state index in [4.69, 9.17) is 5.73 Å².